The first-order chi connectivity index (χ1) is 10.8. The van der Waals surface area contributed by atoms with Gasteiger partial charge in [-0.1, -0.05) is 30.3 Å². The highest BCUT2D eigenvalue weighted by Crippen LogP contribution is 2.23. The van der Waals surface area contributed by atoms with Crippen LogP contribution < -0.4 is 8.86 Å². The molecule has 0 unspecified atom stereocenters. The van der Waals surface area contributed by atoms with Crippen molar-refractivity contribution in [2.75, 3.05) is 0 Å². The fourth-order valence-electron chi connectivity index (χ4n) is 1.98. The van der Waals surface area contributed by atoms with Gasteiger partial charge in [-0.15, -0.1) is 0 Å². The van der Waals surface area contributed by atoms with Crippen LogP contribution in [0.4, 0.5) is 0 Å². The number of hydrogen-bond acceptors (Lipinski definition) is 5. The van der Waals surface area contributed by atoms with Crippen LogP contribution in [0.2, 0.25) is 0 Å². The molecule has 0 bridgehead atoms. The van der Waals surface area contributed by atoms with Crippen LogP contribution >= 0.6 is 11.7 Å². The Morgan fingerprint density at radius 1 is 1.14 bits per heavy atom. The second-order valence-corrected chi connectivity index (χ2v) is 5.22. The molecule has 5 nitrogen and oxygen atoms in total. The fraction of sp³-hybridized carbons (Fsp3) is 0.0625. The zero-order valence-electron chi connectivity index (χ0n) is 11.5. The van der Waals surface area contributed by atoms with E-state index in [0.29, 0.717) is 16.4 Å². The van der Waals surface area contributed by atoms with Crippen molar-refractivity contribution in [1.29, 1.82) is 5.26 Å². The van der Waals surface area contributed by atoms with E-state index in [-0.39, 0.29) is 5.69 Å². The van der Waals surface area contributed by atoms with Gasteiger partial charge >= 0.3 is 0 Å². The molecule has 0 amide bonds. The lowest BCUT2D eigenvalue weighted by atomic mass is 10.1. The normalized spacial score (nSPS) is 10.1. The van der Waals surface area contributed by atoms with Crippen LogP contribution in [-0.2, 0) is 6.61 Å². The first kappa shape index (κ1) is 14.0. The van der Waals surface area contributed by atoms with E-state index < -0.39 is 0 Å². The van der Waals surface area contributed by atoms with E-state index in [9.17, 15) is 5.21 Å². The Morgan fingerprint density at radius 2 is 1.86 bits per heavy atom. The van der Waals surface area contributed by atoms with E-state index in [4.69, 9.17) is 10.00 Å². The number of rotatable bonds is 4. The predicted octanol–water partition coefficient (Wildman–Crippen LogP) is 2.89. The molecule has 0 aliphatic heterocycles. The SMILES string of the molecule is N#Cc1c(-c2ccc(OCc3ccccc3)cc2)ns[n+]1[O-]. The van der Waals surface area contributed by atoms with Gasteiger partial charge in [0.2, 0.25) is 0 Å². The van der Waals surface area contributed by atoms with Crippen LogP contribution in [0.3, 0.4) is 0 Å². The van der Waals surface area contributed by atoms with Crippen molar-refractivity contribution in [1.82, 2.24) is 4.37 Å². The van der Waals surface area contributed by atoms with Crippen molar-refractivity contribution >= 4 is 11.7 Å². The molecule has 0 atom stereocenters. The second kappa shape index (κ2) is 6.24. The van der Waals surface area contributed by atoms with Crippen molar-refractivity contribution in [3.63, 3.8) is 0 Å². The molecule has 3 aromatic rings. The zero-order chi connectivity index (χ0) is 15.4. The minimum Gasteiger partial charge on any atom is -0.699 e. The Bertz CT molecular complexity index is 808. The molecule has 0 aliphatic rings. The molecule has 108 valence electrons. The van der Waals surface area contributed by atoms with Gasteiger partial charge in [-0.25, -0.2) is 0 Å². The van der Waals surface area contributed by atoms with Crippen LogP contribution in [0.25, 0.3) is 11.3 Å². The smallest absolute Gasteiger partial charge is 0.282 e. The van der Waals surface area contributed by atoms with Crippen molar-refractivity contribution in [2.24, 2.45) is 0 Å². The molecule has 6 heteroatoms. The standard InChI is InChI=1S/C16H11N3O2S/c17-10-15-16(18-22-19(15)20)13-6-8-14(9-7-13)21-11-12-4-2-1-3-5-12/h1-9H,11H2. The molecule has 1 heterocycles. The van der Waals surface area contributed by atoms with E-state index >= 15 is 0 Å². The summed E-state index contributed by atoms with van der Waals surface area (Å²) in [6.07, 6.45) is 0. The molecule has 0 fully saturated rings. The van der Waals surface area contributed by atoms with E-state index in [1.807, 2.05) is 36.4 Å². The van der Waals surface area contributed by atoms with Gasteiger partial charge in [0.15, 0.2) is 0 Å². The van der Waals surface area contributed by atoms with E-state index in [0.717, 1.165) is 28.6 Å². The molecule has 1 aromatic heterocycles. The Labute approximate surface area is 131 Å². The van der Waals surface area contributed by atoms with Crippen LogP contribution in [0.1, 0.15) is 11.3 Å². The van der Waals surface area contributed by atoms with Gasteiger partial charge in [-0.05, 0) is 29.8 Å². The highest BCUT2D eigenvalue weighted by molar-refractivity contribution is 6.95. The average molecular weight is 309 g/mol. The first-order valence-electron chi connectivity index (χ1n) is 6.55. The molecule has 2 aromatic carbocycles. The molecule has 0 radical (unpaired) electrons. The maximum Gasteiger partial charge on any atom is 0.282 e. The quantitative estimate of drug-likeness (QED) is 0.548. The summed E-state index contributed by atoms with van der Waals surface area (Å²) in [4.78, 5) is 0. The van der Waals surface area contributed by atoms with E-state index in [1.54, 1.807) is 24.3 Å². The predicted molar refractivity (Wildman–Crippen MR) is 82.0 cm³/mol. The molecule has 3 rings (SSSR count). The zero-order valence-corrected chi connectivity index (χ0v) is 12.3. The molecular weight excluding hydrogens is 298 g/mol. The van der Waals surface area contributed by atoms with Gasteiger partial charge in [0.25, 0.3) is 23.1 Å². The second-order valence-electron chi connectivity index (χ2n) is 4.54. The lowest BCUT2D eigenvalue weighted by Gasteiger charge is -2.06. The fourth-order valence-corrected chi connectivity index (χ4v) is 2.54. The Balaban J connectivity index is 1.74. The van der Waals surface area contributed by atoms with Crippen molar-refractivity contribution in [3.8, 4) is 23.1 Å². The lowest BCUT2D eigenvalue weighted by Crippen LogP contribution is -2.23. The van der Waals surface area contributed by atoms with Crippen LogP contribution in [-0.4, -0.2) is 4.37 Å². The number of hydrogen-bond donors (Lipinski definition) is 0. The summed E-state index contributed by atoms with van der Waals surface area (Å²) in [7, 11) is 0. The number of benzene rings is 2. The number of ether oxygens (including phenoxy) is 1. The van der Waals surface area contributed by atoms with Gasteiger partial charge in [0.1, 0.15) is 18.4 Å². The summed E-state index contributed by atoms with van der Waals surface area (Å²) in [5.41, 5.74) is 2.22. The van der Waals surface area contributed by atoms with Crippen LogP contribution in [0.5, 0.6) is 5.75 Å². The minimum atomic E-state index is 0.0166. The van der Waals surface area contributed by atoms with E-state index in [1.165, 1.54) is 0 Å². The van der Waals surface area contributed by atoms with Crippen molar-refractivity contribution in [2.45, 2.75) is 6.61 Å². The third-order valence-electron chi connectivity index (χ3n) is 3.10. The van der Waals surface area contributed by atoms with E-state index in [2.05, 4.69) is 4.37 Å². The maximum absolute atomic E-state index is 11.4. The van der Waals surface area contributed by atoms with Gasteiger partial charge in [0.05, 0.1) is 0 Å². The minimum absolute atomic E-state index is 0.0166. The number of nitrogens with zero attached hydrogens (tertiary/aromatic N) is 3. The third kappa shape index (κ3) is 2.90. The monoisotopic (exact) mass is 309 g/mol. The maximum atomic E-state index is 11.4. The van der Waals surface area contributed by atoms with Gasteiger partial charge in [-0.2, -0.15) is 9.38 Å². The molecular formula is C16H11N3O2S. The largest absolute Gasteiger partial charge is 0.699 e. The Morgan fingerprint density at radius 3 is 2.55 bits per heavy atom. The van der Waals surface area contributed by atoms with Gasteiger partial charge in [-0.3, -0.25) is 0 Å². The molecule has 22 heavy (non-hydrogen) atoms. The van der Waals surface area contributed by atoms with Crippen LogP contribution in [0.15, 0.2) is 54.6 Å². The summed E-state index contributed by atoms with van der Waals surface area (Å²) in [5.74, 6) is 0.719. The highest BCUT2D eigenvalue weighted by Gasteiger charge is 2.20. The lowest BCUT2D eigenvalue weighted by molar-refractivity contribution is -0.532. The topological polar surface area (TPSA) is 72.8 Å². The summed E-state index contributed by atoms with van der Waals surface area (Å²) in [5, 5.41) is 20.4. The molecule has 0 aliphatic carbocycles. The Hall–Kier alpha value is -2.91. The number of aromatic nitrogens is 2. The number of nitriles is 1. The first-order valence-corrected chi connectivity index (χ1v) is 7.28. The summed E-state index contributed by atoms with van der Waals surface area (Å²) >= 11 is 0.720. The summed E-state index contributed by atoms with van der Waals surface area (Å²) in [6, 6.07) is 18.9. The molecule has 0 N–H and O–H groups in total. The summed E-state index contributed by atoms with van der Waals surface area (Å²) in [6.45, 7) is 0.487. The van der Waals surface area contributed by atoms with Gasteiger partial charge in [0, 0.05) is 9.94 Å². The summed E-state index contributed by atoms with van der Waals surface area (Å²) < 4.78 is 10.2. The highest BCUT2D eigenvalue weighted by atomic mass is 32.1. The molecule has 0 saturated carbocycles. The Kier molecular flexibility index (Phi) is 3.99. The van der Waals surface area contributed by atoms with Crippen molar-refractivity contribution < 1.29 is 8.86 Å². The van der Waals surface area contributed by atoms with Gasteiger partial charge < -0.3 is 9.94 Å². The van der Waals surface area contributed by atoms with Crippen molar-refractivity contribution in [3.05, 3.63) is 71.1 Å². The average Bonchev–Trinajstić information content (AvgIpc) is 2.95. The third-order valence-corrected chi connectivity index (χ3v) is 3.69. The molecule has 0 spiro atoms. The molecule has 0 saturated heterocycles. The van der Waals surface area contributed by atoms with Crippen LogP contribution in [0, 0.1) is 16.5 Å².